The molecule has 3 heteroatoms. The highest BCUT2D eigenvalue weighted by atomic mass is 16.6. The molecule has 2 N–H and O–H groups in total. The Balaban J connectivity index is 2.43. The summed E-state index contributed by atoms with van der Waals surface area (Å²) in [4.78, 5) is 0. The molecule has 0 aromatic rings. The first kappa shape index (κ1) is 7.28. The fourth-order valence-corrected chi connectivity index (χ4v) is 1.82. The van der Waals surface area contributed by atoms with Gasteiger partial charge in [-0.2, -0.15) is 0 Å². The Bertz CT molecular complexity index is 203. The van der Waals surface area contributed by atoms with Gasteiger partial charge in [0.15, 0.2) is 0 Å². The smallest absolute Gasteiger partial charge is 0.115 e. The third-order valence-corrected chi connectivity index (χ3v) is 2.66. The Morgan fingerprint density at radius 1 is 1.09 bits per heavy atom. The molecule has 0 radical (unpaired) electrons. The summed E-state index contributed by atoms with van der Waals surface area (Å²) in [5, 5.41) is 19.0. The van der Waals surface area contributed by atoms with E-state index in [1.54, 1.807) is 13.8 Å². The van der Waals surface area contributed by atoms with Gasteiger partial charge in [-0.1, -0.05) is 12.2 Å². The van der Waals surface area contributed by atoms with Gasteiger partial charge in [0.1, 0.15) is 23.4 Å². The van der Waals surface area contributed by atoms with Crippen LogP contribution >= 0.6 is 0 Å². The minimum atomic E-state index is -0.794. The van der Waals surface area contributed by atoms with Gasteiger partial charge in [-0.15, -0.1) is 0 Å². The highest BCUT2D eigenvalue weighted by molar-refractivity contribution is 5.28. The molecule has 2 aliphatic rings. The van der Waals surface area contributed by atoms with Crippen LogP contribution in [0, 0.1) is 0 Å². The third kappa shape index (κ3) is 0.682. The molecule has 1 fully saturated rings. The van der Waals surface area contributed by atoms with Gasteiger partial charge in [-0.05, 0) is 13.8 Å². The molecule has 0 aromatic carbocycles. The Morgan fingerprint density at radius 3 is 1.64 bits per heavy atom. The van der Waals surface area contributed by atoms with Gasteiger partial charge in [0.25, 0.3) is 0 Å². The summed E-state index contributed by atoms with van der Waals surface area (Å²) in [6.45, 7) is 3.55. The highest BCUT2D eigenvalue weighted by Gasteiger charge is 2.59. The van der Waals surface area contributed by atoms with Gasteiger partial charge in [0.2, 0.25) is 0 Å². The van der Waals surface area contributed by atoms with Gasteiger partial charge in [0, 0.05) is 0 Å². The summed E-state index contributed by atoms with van der Waals surface area (Å²) < 4.78 is 5.46. The van der Waals surface area contributed by atoms with Crippen molar-refractivity contribution in [1.29, 1.82) is 0 Å². The molecule has 11 heavy (non-hydrogen) atoms. The molecule has 1 saturated heterocycles. The van der Waals surface area contributed by atoms with Crippen LogP contribution in [0.3, 0.4) is 0 Å². The van der Waals surface area contributed by atoms with E-state index >= 15 is 0 Å². The van der Waals surface area contributed by atoms with E-state index in [1.807, 2.05) is 12.2 Å². The number of aliphatic hydroxyl groups excluding tert-OH is 2. The van der Waals surface area contributed by atoms with Crippen molar-refractivity contribution in [2.45, 2.75) is 37.3 Å². The number of hydrogen-bond acceptors (Lipinski definition) is 3. The molecule has 0 amide bonds. The molecule has 4 atom stereocenters. The second-order valence-corrected chi connectivity index (χ2v) is 3.69. The Hall–Kier alpha value is -0.380. The van der Waals surface area contributed by atoms with Crippen LogP contribution in [0.1, 0.15) is 13.8 Å². The van der Waals surface area contributed by atoms with Crippen LogP contribution in [-0.4, -0.2) is 33.6 Å². The van der Waals surface area contributed by atoms with Gasteiger partial charge >= 0.3 is 0 Å². The summed E-state index contributed by atoms with van der Waals surface area (Å²) in [5.41, 5.74) is -1.34. The lowest BCUT2D eigenvalue weighted by Gasteiger charge is -2.24. The van der Waals surface area contributed by atoms with E-state index in [0.717, 1.165) is 0 Å². The number of ether oxygens (including phenoxy) is 1. The summed E-state index contributed by atoms with van der Waals surface area (Å²) in [5.74, 6) is 0. The predicted octanol–water partition coefficient (Wildman–Crippen LogP) is -0.174. The summed E-state index contributed by atoms with van der Waals surface area (Å²) >= 11 is 0. The molecule has 0 aromatic heterocycles. The SMILES string of the molecule is C[C@]12C=C[C@](C)(O1)C(O)C2O. The molecule has 2 aliphatic heterocycles. The topological polar surface area (TPSA) is 49.7 Å². The first-order chi connectivity index (χ1) is 4.98. The second kappa shape index (κ2) is 1.68. The van der Waals surface area contributed by atoms with Crippen molar-refractivity contribution in [2.24, 2.45) is 0 Å². The van der Waals surface area contributed by atoms with E-state index in [9.17, 15) is 10.2 Å². The standard InChI is InChI=1S/C8H12O3/c1-7-3-4-8(2,11-7)6(10)5(7)9/h3-6,9-10H,1-2H3/t5?,6?,7-,8+. The molecular formula is C8H12O3. The maximum atomic E-state index is 9.49. The van der Waals surface area contributed by atoms with Gasteiger partial charge < -0.3 is 14.9 Å². The normalized spacial score (nSPS) is 60.7. The molecule has 0 aliphatic carbocycles. The third-order valence-electron chi connectivity index (χ3n) is 2.66. The Morgan fingerprint density at radius 2 is 1.45 bits per heavy atom. The fourth-order valence-electron chi connectivity index (χ4n) is 1.82. The van der Waals surface area contributed by atoms with Crippen molar-refractivity contribution in [3.8, 4) is 0 Å². The van der Waals surface area contributed by atoms with Crippen molar-refractivity contribution in [3.63, 3.8) is 0 Å². The van der Waals surface area contributed by atoms with Crippen LogP contribution in [0.5, 0.6) is 0 Å². The van der Waals surface area contributed by atoms with E-state index in [2.05, 4.69) is 0 Å². The molecule has 2 rings (SSSR count). The van der Waals surface area contributed by atoms with Crippen molar-refractivity contribution in [2.75, 3.05) is 0 Å². The summed E-state index contributed by atoms with van der Waals surface area (Å²) in [6, 6.07) is 0. The van der Waals surface area contributed by atoms with Gasteiger partial charge in [-0.3, -0.25) is 0 Å². The van der Waals surface area contributed by atoms with Crippen molar-refractivity contribution in [1.82, 2.24) is 0 Å². The van der Waals surface area contributed by atoms with E-state index in [-0.39, 0.29) is 0 Å². The average molecular weight is 156 g/mol. The molecule has 2 bridgehead atoms. The van der Waals surface area contributed by atoms with Crippen LogP contribution in [-0.2, 0) is 4.74 Å². The fraction of sp³-hybridized carbons (Fsp3) is 0.750. The number of aliphatic hydroxyl groups is 2. The highest BCUT2D eigenvalue weighted by Crippen LogP contribution is 2.45. The van der Waals surface area contributed by atoms with Crippen molar-refractivity contribution in [3.05, 3.63) is 12.2 Å². The zero-order valence-corrected chi connectivity index (χ0v) is 6.61. The van der Waals surface area contributed by atoms with E-state index in [1.165, 1.54) is 0 Å². The van der Waals surface area contributed by atoms with Crippen LogP contribution < -0.4 is 0 Å². The van der Waals surface area contributed by atoms with Crippen LogP contribution in [0.2, 0.25) is 0 Å². The van der Waals surface area contributed by atoms with Gasteiger partial charge in [-0.25, -0.2) is 0 Å². The zero-order valence-electron chi connectivity index (χ0n) is 6.61. The average Bonchev–Trinajstić information content (AvgIpc) is 2.32. The number of rotatable bonds is 0. The molecule has 2 heterocycles. The van der Waals surface area contributed by atoms with E-state index < -0.39 is 23.4 Å². The molecule has 62 valence electrons. The molecule has 3 nitrogen and oxygen atoms in total. The van der Waals surface area contributed by atoms with E-state index in [4.69, 9.17) is 4.74 Å². The molecule has 0 saturated carbocycles. The van der Waals surface area contributed by atoms with E-state index in [0.29, 0.717) is 0 Å². The van der Waals surface area contributed by atoms with Crippen molar-refractivity contribution >= 4 is 0 Å². The summed E-state index contributed by atoms with van der Waals surface area (Å²) in [7, 11) is 0. The van der Waals surface area contributed by atoms with Crippen LogP contribution in [0.25, 0.3) is 0 Å². The molecule has 0 spiro atoms. The second-order valence-electron chi connectivity index (χ2n) is 3.69. The molecule has 2 unspecified atom stereocenters. The lowest BCUT2D eigenvalue weighted by molar-refractivity contribution is -0.0446. The molecular weight excluding hydrogens is 144 g/mol. The Labute approximate surface area is 65.3 Å². The monoisotopic (exact) mass is 156 g/mol. The Kier molecular flexibility index (Phi) is 1.11. The minimum Gasteiger partial charge on any atom is -0.387 e. The predicted molar refractivity (Wildman–Crippen MR) is 39.0 cm³/mol. The first-order valence-corrected chi connectivity index (χ1v) is 3.75. The quantitative estimate of drug-likeness (QED) is 0.478. The van der Waals surface area contributed by atoms with Crippen molar-refractivity contribution < 1.29 is 14.9 Å². The maximum Gasteiger partial charge on any atom is 0.115 e. The summed E-state index contributed by atoms with van der Waals surface area (Å²) in [6.07, 6.45) is 2.03. The van der Waals surface area contributed by atoms with Gasteiger partial charge in [0.05, 0.1) is 0 Å². The zero-order chi connectivity index (χ0) is 8.28. The number of fused-ring (bicyclic) bond motifs is 2. The number of hydrogen-bond donors (Lipinski definition) is 2. The lowest BCUT2D eigenvalue weighted by atomic mass is 9.85. The van der Waals surface area contributed by atoms with Crippen LogP contribution in [0.4, 0.5) is 0 Å². The first-order valence-electron chi connectivity index (χ1n) is 3.75. The largest absolute Gasteiger partial charge is 0.387 e. The maximum absolute atomic E-state index is 9.49. The van der Waals surface area contributed by atoms with Crippen LogP contribution in [0.15, 0.2) is 12.2 Å². The minimum absolute atomic E-state index is 0.672. The lowest BCUT2D eigenvalue weighted by Crippen LogP contribution is -2.43.